The normalized spacial score (nSPS) is 19.0. The third-order valence-corrected chi connectivity index (χ3v) is 3.78. The fourth-order valence-corrected chi connectivity index (χ4v) is 2.70. The van der Waals surface area contributed by atoms with Crippen LogP contribution in [0.25, 0.3) is 0 Å². The summed E-state index contributed by atoms with van der Waals surface area (Å²) in [6.07, 6.45) is 0.0559. The van der Waals surface area contributed by atoms with Gasteiger partial charge in [-0.15, -0.1) is 0 Å². The average Bonchev–Trinajstić information content (AvgIpc) is 2.66. The van der Waals surface area contributed by atoms with E-state index in [9.17, 15) is 18.4 Å². The smallest absolute Gasteiger partial charge is 0.288 e. The highest BCUT2D eigenvalue weighted by Crippen LogP contribution is 2.32. The molecule has 2 rings (SSSR count). The second kappa shape index (κ2) is 6.21. The van der Waals surface area contributed by atoms with Gasteiger partial charge < -0.3 is 5.32 Å². The van der Waals surface area contributed by atoms with Gasteiger partial charge in [0.25, 0.3) is 11.7 Å². The first-order valence-electron chi connectivity index (χ1n) is 6.17. The van der Waals surface area contributed by atoms with Crippen LogP contribution in [0.4, 0.5) is 14.5 Å². The molecule has 20 heavy (non-hydrogen) atoms. The Labute approximate surface area is 119 Å². The van der Waals surface area contributed by atoms with Crippen LogP contribution in [-0.2, 0) is 9.59 Å². The van der Waals surface area contributed by atoms with Crippen LogP contribution in [-0.4, -0.2) is 35.1 Å². The number of amides is 2. The molecule has 108 valence electrons. The molecule has 1 aromatic rings. The minimum Gasteiger partial charge on any atom is -0.372 e. The van der Waals surface area contributed by atoms with E-state index in [2.05, 4.69) is 5.32 Å². The first kappa shape index (κ1) is 14.8. The molecule has 1 heterocycles. The maximum Gasteiger partial charge on any atom is 0.288 e. The van der Waals surface area contributed by atoms with Crippen LogP contribution in [0.15, 0.2) is 29.2 Å². The topological polar surface area (TPSA) is 49.4 Å². The number of carbonyl (C=O) groups is 2. The van der Waals surface area contributed by atoms with E-state index in [-0.39, 0.29) is 18.2 Å². The quantitative estimate of drug-likeness (QED) is 0.671. The standard InChI is InChI=1S/C13H14F2N2O2S/c1-2-17-11(18)7-9(12(17)19)16-8-5-3-4-6-10(8)20-13(14)15/h3-6,9,13,16H,2,7H2,1H3. The lowest BCUT2D eigenvalue weighted by molar-refractivity contribution is -0.138. The number of halogens is 2. The summed E-state index contributed by atoms with van der Waals surface area (Å²) in [5.74, 6) is -3.09. The Morgan fingerprint density at radius 2 is 2.10 bits per heavy atom. The summed E-state index contributed by atoms with van der Waals surface area (Å²) in [6.45, 7) is 2.04. The zero-order chi connectivity index (χ0) is 14.7. The molecule has 2 amide bonds. The number of nitrogens with one attached hydrogen (secondary N) is 1. The van der Waals surface area contributed by atoms with Crippen LogP contribution >= 0.6 is 11.8 Å². The molecule has 1 aliphatic heterocycles. The molecule has 0 radical (unpaired) electrons. The van der Waals surface area contributed by atoms with E-state index >= 15 is 0 Å². The average molecular weight is 300 g/mol. The highest BCUT2D eigenvalue weighted by Gasteiger charge is 2.37. The Morgan fingerprint density at radius 1 is 1.40 bits per heavy atom. The number of carbonyl (C=O) groups excluding carboxylic acids is 2. The number of likely N-dealkylation sites (N-methyl/N-ethyl adjacent to an activating group) is 1. The lowest BCUT2D eigenvalue weighted by Gasteiger charge is -2.16. The number of anilines is 1. The van der Waals surface area contributed by atoms with E-state index in [0.29, 0.717) is 28.9 Å². The third-order valence-electron chi connectivity index (χ3n) is 2.99. The maximum absolute atomic E-state index is 12.5. The Balaban J connectivity index is 2.15. The predicted octanol–water partition coefficient (Wildman–Crippen LogP) is 2.56. The van der Waals surface area contributed by atoms with Gasteiger partial charge in [-0.3, -0.25) is 14.5 Å². The molecule has 1 aromatic carbocycles. The minimum absolute atomic E-state index is 0.0559. The Morgan fingerprint density at radius 3 is 2.70 bits per heavy atom. The van der Waals surface area contributed by atoms with Crippen molar-refractivity contribution in [3.63, 3.8) is 0 Å². The molecule has 1 saturated heterocycles. The van der Waals surface area contributed by atoms with Crippen molar-refractivity contribution in [1.29, 1.82) is 0 Å². The van der Waals surface area contributed by atoms with E-state index in [1.165, 1.54) is 4.90 Å². The summed E-state index contributed by atoms with van der Waals surface area (Å²) < 4.78 is 25.0. The van der Waals surface area contributed by atoms with Gasteiger partial charge in [-0.05, 0) is 19.1 Å². The van der Waals surface area contributed by atoms with Gasteiger partial charge in [0.1, 0.15) is 6.04 Å². The number of hydrogen-bond donors (Lipinski definition) is 1. The number of para-hydroxylation sites is 1. The van der Waals surface area contributed by atoms with Gasteiger partial charge in [-0.1, -0.05) is 23.9 Å². The van der Waals surface area contributed by atoms with Crippen molar-refractivity contribution in [2.45, 2.75) is 30.0 Å². The molecule has 1 aliphatic rings. The highest BCUT2D eigenvalue weighted by atomic mass is 32.2. The Kier molecular flexibility index (Phi) is 4.59. The van der Waals surface area contributed by atoms with Crippen molar-refractivity contribution >= 4 is 29.3 Å². The van der Waals surface area contributed by atoms with Crippen LogP contribution in [0.3, 0.4) is 0 Å². The number of nitrogens with zero attached hydrogens (tertiary/aromatic N) is 1. The van der Waals surface area contributed by atoms with Crippen molar-refractivity contribution in [3.8, 4) is 0 Å². The van der Waals surface area contributed by atoms with Gasteiger partial charge in [0.15, 0.2) is 0 Å². The molecule has 7 heteroatoms. The molecular weight excluding hydrogens is 286 g/mol. The number of likely N-dealkylation sites (tertiary alicyclic amines) is 1. The largest absolute Gasteiger partial charge is 0.372 e. The van der Waals surface area contributed by atoms with Gasteiger partial charge in [-0.25, -0.2) is 0 Å². The fourth-order valence-electron chi connectivity index (χ4n) is 2.10. The maximum atomic E-state index is 12.5. The van der Waals surface area contributed by atoms with Gasteiger partial charge >= 0.3 is 0 Å². The second-order valence-electron chi connectivity index (χ2n) is 4.25. The number of alkyl halides is 2. The summed E-state index contributed by atoms with van der Waals surface area (Å²) in [4.78, 5) is 25.1. The molecule has 1 atom stereocenters. The number of imide groups is 1. The van der Waals surface area contributed by atoms with Crippen LogP contribution < -0.4 is 5.32 Å². The summed E-state index contributed by atoms with van der Waals surface area (Å²) in [5.41, 5.74) is 0.446. The molecule has 0 bridgehead atoms. The van der Waals surface area contributed by atoms with E-state index in [0.717, 1.165) is 0 Å². The second-order valence-corrected chi connectivity index (χ2v) is 5.28. The zero-order valence-electron chi connectivity index (χ0n) is 10.8. The lowest BCUT2D eigenvalue weighted by Crippen LogP contribution is -2.34. The van der Waals surface area contributed by atoms with Crippen molar-refractivity contribution in [2.24, 2.45) is 0 Å². The van der Waals surface area contributed by atoms with Crippen LogP contribution in [0, 0.1) is 0 Å². The highest BCUT2D eigenvalue weighted by molar-refractivity contribution is 7.99. The molecule has 1 fully saturated rings. The summed E-state index contributed by atoms with van der Waals surface area (Å²) >= 11 is 0.411. The molecule has 1 N–H and O–H groups in total. The summed E-state index contributed by atoms with van der Waals surface area (Å²) in [5, 5.41) is 2.89. The van der Waals surface area contributed by atoms with Crippen LogP contribution in [0.5, 0.6) is 0 Å². The molecule has 1 unspecified atom stereocenters. The molecule has 4 nitrogen and oxygen atoms in total. The van der Waals surface area contributed by atoms with E-state index in [1.807, 2.05) is 0 Å². The van der Waals surface area contributed by atoms with Crippen molar-refractivity contribution in [3.05, 3.63) is 24.3 Å². The number of hydrogen-bond acceptors (Lipinski definition) is 4. The van der Waals surface area contributed by atoms with Gasteiger partial charge in [0, 0.05) is 17.1 Å². The van der Waals surface area contributed by atoms with E-state index in [4.69, 9.17) is 0 Å². The third kappa shape index (κ3) is 3.09. The lowest BCUT2D eigenvalue weighted by atomic mass is 10.2. The number of thioether (sulfide) groups is 1. The van der Waals surface area contributed by atoms with Gasteiger partial charge in [-0.2, -0.15) is 8.78 Å². The molecule has 0 aromatic heterocycles. The molecule has 0 spiro atoms. The van der Waals surface area contributed by atoms with E-state index in [1.54, 1.807) is 31.2 Å². The number of benzene rings is 1. The molecule has 0 saturated carbocycles. The Hall–Kier alpha value is -1.63. The van der Waals surface area contributed by atoms with Crippen molar-refractivity contribution in [1.82, 2.24) is 4.90 Å². The SMILES string of the molecule is CCN1C(=O)CC(Nc2ccccc2SC(F)F)C1=O. The molecular formula is C13H14F2N2O2S. The first-order chi connectivity index (χ1) is 9.52. The zero-order valence-corrected chi connectivity index (χ0v) is 11.6. The number of rotatable bonds is 5. The van der Waals surface area contributed by atoms with Gasteiger partial charge in [0.2, 0.25) is 5.91 Å². The summed E-state index contributed by atoms with van der Waals surface area (Å²) in [7, 11) is 0. The van der Waals surface area contributed by atoms with Crippen molar-refractivity contribution < 1.29 is 18.4 Å². The summed E-state index contributed by atoms with van der Waals surface area (Å²) in [6, 6.07) is 5.84. The minimum atomic E-state index is -2.54. The monoisotopic (exact) mass is 300 g/mol. The molecule has 0 aliphatic carbocycles. The predicted molar refractivity (Wildman–Crippen MR) is 72.7 cm³/mol. The fraction of sp³-hybridized carbons (Fsp3) is 0.385. The van der Waals surface area contributed by atoms with Crippen LogP contribution in [0.2, 0.25) is 0 Å². The van der Waals surface area contributed by atoms with Crippen LogP contribution in [0.1, 0.15) is 13.3 Å². The van der Waals surface area contributed by atoms with Gasteiger partial charge in [0.05, 0.1) is 6.42 Å². The first-order valence-corrected chi connectivity index (χ1v) is 7.05. The van der Waals surface area contributed by atoms with E-state index < -0.39 is 11.8 Å². The Bertz CT molecular complexity index is 525. The van der Waals surface area contributed by atoms with Crippen molar-refractivity contribution in [2.75, 3.05) is 11.9 Å².